The van der Waals surface area contributed by atoms with E-state index in [1.807, 2.05) is 18.2 Å². The summed E-state index contributed by atoms with van der Waals surface area (Å²) in [7, 11) is 1.71. The summed E-state index contributed by atoms with van der Waals surface area (Å²) in [5, 5.41) is 3.55. The zero-order chi connectivity index (χ0) is 15.9. The van der Waals surface area contributed by atoms with Crippen molar-refractivity contribution in [3.63, 3.8) is 0 Å². The highest BCUT2D eigenvalue weighted by Crippen LogP contribution is 2.29. The minimum Gasteiger partial charge on any atom is -0.496 e. The second kappa shape index (κ2) is 8.14. The van der Waals surface area contributed by atoms with Crippen molar-refractivity contribution in [2.45, 2.75) is 19.4 Å². The highest BCUT2D eigenvalue weighted by Gasteiger charge is 2.13. The van der Waals surface area contributed by atoms with Gasteiger partial charge < -0.3 is 14.8 Å². The van der Waals surface area contributed by atoms with Gasteiger partial charge >= 0.3 is 0 Å². The number of para-hydroxylation sites is 1. The predicted molar refractivity (Wildman–Crippen MR) is 93.7 cm³/mol. The molecular weight excluding hydrogens is 286 g/mol. The van der Waals surface area contributed by atoms with E-state index in [0.29, 0.717) is 5.92 Å². The van der Waals surface area contributed by atoms with Gasteiger partial charge in [-0.3, -0.25) is 0 Å². The molecule has 122 valence electrons. The van der Waals surface area contributed by atoms with Crippen LogP contribution in [-0.2, 0) is 11.3 Å². The first kappa shape index (κ1) is 16.0. The molecule has 3 rings (SSSR count). The molecule has 0 spiro atoms. The fourth-order valence-corrected chi connectivity index (χ4v) is 3.07. The quantitative estimate of drug-likeness (QED) is 0.878. The van der Waals surface area contributed by atoms with E-state index < -0.39 is 0 Å². The molecule has 1 aliphatic heterocycles. The summed E-state index contributed by atoms with van der Waals surface area (Å²) in [5.74, 6) is 1.58. The third-order valence-corrected chi connectivity index (χ3v) is 4.39. The number of hydrogen-bond donors (Lipinski definition) is 1. The Balaban J connectivity index is 1.56. The van der Waals surface area contributed by atoms with Crippen molar-refractivity contribution in [2.24, 2.45) is 5.92 Å². The molecule has 1 heterocycles. The van der Waals surface area contributed by atoms with E-state index in [9.17, 15) is 0 Å². The lowest BCUT2D eigenvalue weighted by Gasteiger charge is -2.22. The highest BCUT2D eigenvalue weighted by atomic mass is 16.5. The van der Waals surface area contributed by atoms with Crippen LogP contribution in [0.3, 0.4) is 0 Å². The van der Waals surface area contributed by atoms with E-state index in [4.69, 9.17) is 9.47 Å². The lowest BCUT2D eigenvalue weighted by molar-refractivity contribution is 0.0547. The summed E-state index contributed by atoms with van der Waals surface area (Å²) < 4.78 is 11.0. The maximum Gasteiger partial charge on any atom is 0.126 e. The smallest absolute Gasteiger partial charge is 0.126 e. The molecule has 0 aliphatic carbocycles. The van der Waals surface area contributed by atoms with Gasteiger partial charge in [-0.2, -0.15) is 0 Å². The second-order valence-corrected chi connectivity index (χ2v) is 6.11. The summed E-state index contributed by atoms with van der Waals surface area (Å²) in [6, 6.07) is 16.8. The molecule has 0 saturated carbocycles. The molecular formula is C20H25NO2. The molecule has 0 bridgehead atoms. The SMILES string of the molecule is COc1ccccc1-c1ccc(CNCC2CCCOC2)cc1. The fraction of sp³-hybridized carbons (Fsp3) is 0.400. The lowest BCUT2D eigenvalue weighted by Crippen LogP contribution is -2.28. The van der Waals surface area contributed by atoms with E-state index in [1.54, 1.807) is 7.11 Å². The minimum atomic E-state index is 0.664. The standard InChI is InChI=1S/C20H25NO2/c1-22-20-7-3-2-6-19(20)18-10-8-16(9-11-18)13-21-14-17-5-4-12-23-15-17/h2-3,6-11,17,21H,4-5,12-15H2,1H3. The van der Waals surface area contributed by atoms with Gasteiger partial charge in [-0.15, -0.1) is 0 Å². The predicted octanol–water partition coefficient (Wildman–Crippen LogP) is 3.88. The van der Waals surface area contributed by atoms with Crippen LogP contribution in [0.25, 0.3) is 11.1 Å². The molecule has 1 N–H and O–H groups in total. The van der Waals surface area contributed by atoms with E-state index in [2.05, 4.69) is 35.6 Å². The molecule has 2 aromatic rings. The first-order valence-corrected chi connectivity index (χ1v) is 8.37. The molecule has 2 aromatic carbocycles. The van der Waals surface area contributed by atoms with Crippen molar-refractivity contribution in [1.82, 2.24) is 5.32 Å². The maximum atomic E-state index is 5.52. The van der Waals surface area contributed by atoms with Gasteiger partial charge in [-0.1, -0.05) is 42.5 Å². The molecule has 1 fully saturated rings. The van der Waals surface area contributed by atoms with Crippen LogP contribution in [0.1, 0.15) is 18.4 Å². The summed E-state index contributed by atoms with van der Waals surface area (Å²) in [4.78, 5) is 0. The summed E-state index contributed by atoms with van der Waals surface area (Å²) in [6.07, 6.45) is 2.47. The van der Waals surface area contributed by atoms with Gasteiger partial charge in [0.2, 0.25) is 0 Å². The van der Waals surface area contributed by atoms with Crippen LogP contribution >= 0.6 is 0 Å². The monoisotopic (exact) mass is 311 g/mol. The molecule has 1 aliphatic rings. The second-order valence-electron chi connectivity index (χ2n) is 6.11. The van der Waals surface area contributed by atoms with Crippen LogP contribution < -0.4 is 10.1 Å². The molecule has 0 radical (unpaired) electrons. The minimum absolute atomic E-state index is 0.664. The Kier molecular flexibility index (Phi) is 5.67. The number of benzene rings is 2. The highest BCUT2D eigenvalue weighted by molar-refractivity contribution is 5.70. The normalized spacial score (nSPS) is 17.9. The third kappa shape index (κ3) is 4.34. The summed E-state index contributed by atoms with van der Waals surface area (Å²) in [5.41, 5.74) is 3.63. The molecule has 3 nitrogen and oxygen atoms in total. The van der Waals surface area contributed by atoms with Crippen molar-refractivity contribution in [1.29, 1.82) is 0 Å². The number of hydrogen-bond acceptors (Lipinski definition) is 3. The van der Waals surface area contributed by atoms with Crippen LogP contribution in [0.2, 0.25) is 0 Å². The molecule has 0 amide bonds. The molecule has 23 heavy (non-hydrogen) atoms. The van der Waals surface area contributed by atoms with Gasteiger partial charge in [0.05, 0.1) is 13.7 Å². The lowest BCUT2D eigenvalue weighted by atomic mass is 10.0. The van der Waals surface area contributed by atoms with Gasteiger partial charge in [-0.25, -0.2) is 0 Å². The van der Waals surface area contributed by atoms with Crippen molar-refractivity contribution in [3.8, 4) is 16.9 Å². The number of ether oxygens (including phenoxy) is 2. The van der Waals surface area contributed by atoms with Gasteiger partial charge in [0, 0.05) is 25.3 Å². The average Bonchev–Trinajstić information content (AvgIpc) is 2.63. The van der Waals surface area contributed by atoms with E-state index in [0.717, 1.165) is 37.6 Å². The molecule has 3 heteroatoms. The Morgan fingerprint density at radius 2 is 1.96 bits per heavy atom. The van der Waals surface area contributed by atoms with Crippen LogP contribution in [0, 0.1) is 5.92 Å². The Hall–Kier alpha value is -1.84. The molecule has 1 unspecified atom stereocenters. The van der Waals surface area contributed by atoms with Crippen molar-refractivity contribution >= 4 is 0 Å². The zero-order valence-corrected chi connectivity index (χ0v) is 13.8. The van der Waals surface area contributed by atoms with Crippen molar-refractivity contribution in [3.05, 3.63) is 54.1 Å². The Bertz CT molecular complexity index is 603. The van der Waals surface area contributed by atoms with Gasteiger partial charge in [0.1, 0.15) is 5.75 Å². The number of nitrogens with one attached hydrogen (secondary N) is 1. The zero-order valence-electron chi connectivity index (χ0n) is 13.8. The number of methoxy groups -OCH3 is 1. The first-order valence-electron chi connectivity index (χ1n) is 8.37. The van der Waals surface area contributed by atoms with E-state index >= 15 is 0 Å². The molecule has 0 aromatic heterocycles. The fourth-order valence-electron chi connectivity index (χ4n) is 3.07. The van der Waals surface area contributed by atoms with Crippen LogP contribution in [0.15, 0.2) is 48.5 Å². The maximum absolute atomic E-state index is 5.52. The molecule has 1 saturated heterocycles. The number of rotatable bonds is 6. The van der Waals surface area contributed by atoms with Crippen LogP contribution in [-0.4, -0.2) is 26.9 Å². The Labute approximate surface area is 138 Å². The Morgan fingerprint density at radius 1 is 1.13 bits per heavy atom. The van der Waals surface area contributed by atoms with E-state index in [1.165, 1.54) is 24.0 Å². The summed E-state index contributed by atoms with van der Waals surface area (Å²) >= 11 is 0. The van der Waals surface area contributed by atoms with Gasteiger partial charge in [-0.05, 0) is 36.0 Å². The summed E-state index contributed by atoms with van der Waals surface area (Å²) in [6.45, 7) is 3.78. The molecule has 1 atom stereocenters. The Morgan fingerprint density at radius 3 is 2.70 bits per heavy atom. The topological polar surface area (TPSA) is 30.5 Å². The van der Waals surface area contributed by atoms with Crippen LogP contribution in [0.4, 0.5) is 0 Å². The first-order chi connectivity index (χ1) is 11.4. The largest absolute Gasteiger partial charge is 0.496 e. The van der Waals surface area contributed by atoms with E-state index in [-0.39, 0.29) is 0 Å². The van der Waals surface area contributed by atoms with Crippen LogP contribution in [0.5, 0.6) is 5.75 Å². The van der Waals surface area contributed by atoms with Crippen molar-refractivity contribution < 1.29 is 9.47 Å². The van der Waals surface area contributed by atoms with Crippen molar-refractivity contribution in [2.75, 3.05) is 26.9 Å². The van der Waals surface area contributed by atoms with Gasteiger partial charge in [0.25, 0.3) is 0 Å². The third-order valence-electron chi connectivity index (χ3n) is 4.39. The van der Waals surface area contributed by atoms with Gasteiger partial charge in [0.15, 0.2) is 0 Å². The average molecular weight is 311 g/mol.